The first-order valence-corrected chi connectivity index (χ1v) is 9.03. The Morgan fingerprint density at radius 1 is 1.03 bits per heavy atom. The fourth-order valence-electron chi connectivity index (χ4n) is 3.73. The second-order valence-corrected chi connectivity index (χ2v) is 6.68. The second-order valence-electron chi connectivity index (χ2n) is 6.68. The largest absolute Gasteiger partial charge is 0.493 e. The van der Waals surface area contributed by atoms with Gasteiger partial charge in [-0.15, -0.1) is 0 Å². The number of hydrogen-bond donors (Lipinski definition) is 2. The Labute approximate surface area is 173 Å². The Balaban J connectivity index is 2.22. The van der Waals surface area contributed by atoms with Crippen molar-refractivity contribution in [3.63, 3.8) is 0 Å². The number of ether oxygens (including phenoxy) is 3. The van der Waals surface area contributed by atoms with E-state index in [-0.39, 0.29) is 11.5 Å². The molecule has 0 aromatic heterocycles. The number of aliphatic carboxylic acids is 1. The van der Waals surface area contributed by atoms with Crippen molar-refractivity contribution < 1.29 is 33.7 Å². The number of benzene rings is 2. The highest BCUT2D eigenvalue weighted by Crippen LogP contribution is 2.47. The standard InChI is InChI=1S/C21H22N2O7/c1-23-18(11-7-5-6-8-14(11)22-21(27)30-4)17(20(25)26)12-9-15(28-2)16(29-3)10-13(12)19(23)24/h5-10,17-18H,1-4H3,(H,22,27)(H,25,26)/t17-,18-/m1/s1. The molecule has 2 aromatic carbocycles. The molecule has 3 rings (SSSR count). The molecule has 1 heterocycles. The summed E-state index contributed by atoms with van der Waals surface area (Å²) < 4.78 is 15.2. The van der Waals surface area contributed by atoms with Gasteiger partial charge in [0.15, 0.2) is 11.5 Å². The number of likely N-dealkylation sites (N-methyl/N-ethyl adjacent to an activating group) is 1. The predicted molar refractivity (Wildman–Crippen MR) is 107 cm³/mol. The SMILES string of the molecule is COC(=O)Nc1ccccc1[C@@H]1[C@H](C(=O)O)c2cc(OC)c(OC)cc2C(=O)N1C. The van der Waals surface area contributed by atoms with Crippen molar-refractivity contribution >= 4 is 23.7 Å². The van der Waals surface area contributed by atoms with Gasteiger partial charge < -0.3 is 24.2 Å². The highest BCUT2D eigenvalue weighted by atomic mass is 16.5. The first kappa shape index (κ1) is 21.0. The zero-order valence-electron chi connectivity index (χ0n) is 17.0. The van der Waals surface area contributed by atoms with E-state index in [1.807, 2.05) is 0 Å². The minimum atomic E-state index is -1.12. The molecule has 0 aliphatic carbocycles. The quantitative estimate of drug-likeness (QED) is 0.773. The molecule has 0 saturated heterocycles. The molecule has 9 nitrogen and oxygen atoms in total. The van der Waals surface area contributed by atoms with Gasteiger partial charge in [-0.2, -0.15) is 0 Å². The van der Waals surface area contributed by atoms with Gasteiger partial charge in [0.2, 0.25) is 0 Å². The van der Waals surface area contributed by atoms with Crippen LogP contribution in [-0.4, -0.2) is 56.4 Å². The van der Waals surface area contributed by atoms with Crippen LogP contribution in [0.1, 0.15) is 33.4 Å². The minimum Gasteiger partial charge on any atom is -0.493 e. The number of carbonyl (C=O) groups is 3. The van der Waals surface area contributed by atoms with Crippen molar-refractivity contribution in [1.29, 1.82) is 0 Å². The van der Waals surface area contributed by atoms with Gasteiger partial charge in [-0.3, -0.25) is 14.9 Å². The van der Waals surface area contributed by atoms with E-state index in [1.165, 1.54) is 45.4 Å². The van der Waals surface area contributed by atoms with Crippen LogP contribution in [0.5, 0.6) is 11.5 Å². The smallest absolute Gasteiger partial charge is 0.411 e. The third kappa shape index (κ3) is 3.49. The van der Waals surface area contributed by atoms with Crippen LogP contribution in [-0.2, 0) is 9.53 Å². The number of carboxylic acids is 1. The summed E-state index contributed by atoms with van der Waals surface area (Å²) in [5.74, 6) is -1.96. The van der Waals surface area contributed by atoms with Gasteiger partial charge in [0.25, 0.3) is 5.91 Å². The molecule has 0 saturated carbocycles. The molecule has 158 valence electrons. The number of carbonyl (C=O) groups excluding carboxylic acids is 2. The summed E-state index contributed by atoms with van der Waals surface area (Å²) in [4.78, 5) is 38.6. The zero-order valence-corrected chi connectivity index (χ0v) is 17.0. The lowest BCUT2D eigenvalue weighted by Gasteiger charge is -2.39. The van der Waals surface area contributed by atoms with E-state index >= 15 is 0 Å². The Kier molecular flexibility index (Phi) is 5.81. The summed E-state index contributed by atoms with van der Waals surface area (Å²) in [5.41, 5.74) is 1.34. The zero-order chi connectivity index (χ0) is 22.0. The molecule has 0 fully saturated rings. The molecular formula is C21H22N2O7. The maximum absolute atomic E-state index is 13.2. The van der Waals surface area contributed by atoms with Crippen molar-refractivity contribution in [2.45, 2.75) is 12.0 Å². The summed E-state index contributed by atoms with van der Waals surface area (Å²) in [5, 5.41) is 12.7. The van der Waals surface area contributed by atoms with Crippen LogP contribution in [0.25, 0.3) is 0 Å². The van der Waals surface area contributed by atoms with Crippen molar-refractivity contribution in [3.05, 3.63) is 53.1 Å². The summed E-state index contributed by atoms with van der Waals surface area (Å²) in [7, 11) is 5.62. The highest BCUT2D eigenvalue weighted by molar-refractivity contribution is 6.01. The molecule has 2 aromatic rings. The molecule has 9 heteroatoms. The summed E-state index contributed by atoms with van der Waals surface area (Å²) in [6.07, 6.45) is -0.703. The molecule has 2 N–H and O–H groups in total. The molecular weight excluding hydrogens is 392 g/mol. The number of methoxy groups -OCH3 is 3. The van der Waals surface area contributed by atoms with E-state index in [0.29, 0.717) is 28.3 Å². The minimum absolute atomic E-state index is 0.220. The first-order chi connectivity index (χ1) is 14.3. The fraction of sp³-hybridized carbons (Fsp3) is 0.286. The number of para-hydroxylation sites is 1. The summed E-state index contributed by atoms with van der Waals surface area (Å²) in [6, 6.07) is 8.80. The Morgan fingerprint density at radius 2 is 1.67 bits per heavy atom. The van der Waals surface area contributed by atoms with Gasteiger partial charge in [-0.25, -0.2) is 4.79 Å². The van der Waals surface area contributed by atoms with Crippen molar-refractivity contribution in [3.8, 4) is 11.5 Å². The Bertz CT molecular complexity index is 1000. The fourth-order valence-corrected chi connectivity index (χ4v) is 3.73. The molecule has 0 spiro atoms. The van der Waals surface area contributed by atoms with Crippen LogP contribution >= 0.6 is 0 Å². The predicted octanol–water partition coefficient (Wildman–Crippen LogP) is 2.88. The van der Waals surface area contributed by atoms with Crippen LogP contribution < -0.4 is 14.8 Å². The summed E-state index contributed by atoms with van der Waals surface area (Å²) >= 11 is 0. The molecule has 1 aliphatic rings. The molecule has 0 radical (unpaired) electrons. The number of nitrogens with zero attached hydrogens (tertiary/aromatic N) is 1. The van der Waals surface area contributed by atoms with Gasteiger partial charge in [-0.05, 0) is 29.3 Å². The first-order valence-electron chi connectivity index (χ1n) is 9.03. The lowest BCUT2D eigenvalue weighted by atomic mass is 9.79. The third-order valence-corrected chi connectivity index (χ3v) is 5.14. The van der Waals surface area contributed by atoms with Crippen molar-refractivity contribution in [2.75, 3.05) is 33.7 Å². The lowest BCUT2D eigenvalue weighted by molar-refractivity contribution is -0.140. The average molecular weight is 414 g/mol. The maximum Gasteiger partial charge on any atom is 0.411 e. The van der Waals surface area contributed by atoms with Gasteiger partial charge in [0.05, 0.1) is 27.4 Å². The van der Waals surface area contributed by atoms with E-state index in [0.717, 1.165) is 0 Å². The van der Waals surface area contributed by atoms with Crippen LogP contribution in [0.15, 0.2) is 36.4 Å². The monoisotopic (exact) mass is 414 g/mol. The van der Waals surface area contributed by atoms with Gasteiger partial charge in [0, 0.05) is 18.3 Å². The average Bonchev–Trinajstić information content (AvgIpc) is 2.75. The number of carboxylic acid groups (broad SMARTS) is 1. The van der Waals surface area contributed by atoms with Crippen LogP contribution in [0.2, 0.25) is 0 Å². The lowest BCUT2D eigenvalue weighted by Crippen LogP contribution is -2.43. The molecule has 1 aliphatic heterocycles. The molecule has 2 atom stereocenters. The van der Waals surface area contributed by atoms with Crippen molar-refractivity contribution in [2.24, 2.45) is 0 Å². The number of amides is 2. The van der Waals surface area contributed by atoms with Crippen LogP contribution in [0.4, 0.5) is 10.5 Å². The maximum atomic E-state index is 13.2. The topological polar surface area (TPSA) is 114 Å². The van der Waals surface area contributed by atoms with Crippen molar-refractivity contribution in [1.82, 2.24) is 4.90 Å². The highest BCUT2D eigenvalue weighted by Gasteiger charge is 2.44. The number of nitrogens with one attached hydrogen (secondary N) is 1. The van der Waals surface area contributed by atoms with Gasteiger partial charge in [-0.1, -0.05) is 18.2 Å². The second kappa shape index (κ2) is 8.32. The van der Waals surface area contributed by atoms with E-state index < -0.39 is 24.0 Å². The van der Waals surface area contributed by atoms with Crippen LogP contribution in [0.3, 0.4) is 0 Å². The number of rotatable bonds is 5. The van der Waals surface area contributed by atoms with E-state index in [4.69, 9.17) is 9.47 Å². The third-order valence-electron chi connectivity index (χ3n) is 5.14. The van der Waals surface area contributed by atoms with E-state index in [2.05, 4.69) is 10.1 Å². The van der Waals surface area contributed by atoms with E-state index in [1.54, 1.807) is 24.3 Å². The Hall–Kier alpha value is -3.75. The number of fused-ring (bicyclic) bond motifs is 1. The van der Waals surface area contributed by atoms with E-state index in [9.17, 15) is 19.5 Å². The molecule has 2 amide bonds. The van der Waals surface area contributed by atoms with Gasteiger partial charge >= 0.3 is 12.1 Å². The summed E-state index contributed by atoms with van der Waals surface area (Å²) in [6.45, 7) is 0. The molecule has 0 bridgehead atoms. The van der Waals surface area contributed by atoms with Gasteiger partial charge in [0.1, 0.15) is 5.92 Å². The normalized spacial score (nSPS) is 17.7. The Morgan fingerprint density at radius 3 is 2.27 bits per heavy atom. The number of hydrogen-bond acceptors (Lipinski definition) is 6. The van der Waals surface area contributed by atoms with Crippen LogP contribution in [0, 0.1) is 0 Å². The molecule has 0 unspecified atom stereocenters. The number of anilines is 1. The molecule has 30 heavy (non-hydrogen) atoms.